The van der Waals surface area contributed by atoms with Crippen molar-refractivity contribution in [1.82, 2.24) is 14.5 Å². The van der Waals surface area contributed by atoms with Gasteiger partial charge in [-0.1, -0.05) is 11.6 Å². The monoisotopic (exact) mass is 378 g/mol. The third-order valence-electron chi connectivity index (χ3n) is 5.68. The molecule has 0 aliphatic carbocycles. The summed E-state index contributed by atoms with van der Waals surface area (Å²) in [6, 6.07) is 10.3. The van der Waals surface area contributed by atoms with Crippen molar-refractivity contribution in [3.8, 4) is 0 Å². The molecule has 3 heterocycles. The zero-order valence-electron chi connectivity index (χ0n) is 16.6. The van der Waals surface area contributed by atoms with Crippen molar-refractivity contribution in [2.75, 3.05) is 13.6 Å². The quantitative estimate of drug-likeness (QED) is 0.756. The second-order valence-corrected chi connectivity index (χ2v) is 7.91. The Labute approximate surface area is 164 Å². The molecule has 0 spiro atoms. The van der Waals surface area contributed by atoms with E-state index in [-0.39, 0.29) is 0 Å². The molecule has 146 valence electrons. The minimum absolute atomic E-state index is 0.499. The Morgan fingerprint density at radius 3 is 2.75 bits per heavy atom. The largest absolute Gasteiger partial charge is 0.437 e. The summed E-state index contributed by atoms with van der Waals surface area (Å²) >= 11 is 0. The SMILES string of the molecule is Cc1ccc2c(c1)c1c(n2CC(C)(OC(N)=O)c2ccncc2)CCN(C)C1. The number of hydrogen-bond acceptors (Lipinski definition) is 4. The summed E-state index contributed by atoms with van der Waals surface area (Å²) in [5, 5.41) is 1.28. The number of carbonyl (C=O) groups excluding carboxylic acids is 1. The van der Waals surface area contributed by atoms with Gasteiger partial charge < -0.3 is 19.9 Å². The van der Waals surface area contributed by atoms with Gasteiger partial charge in [-0.3, -0.25) is 4.98 Å². The molecule has 6 nitrogen and oxygen atoms in total. The normalized spacial score (nSPS) is 16.5. The van der Waals surface area contributed by atoms with Crippen molar-refractivity contribution in [3.05, 3.63) is 65.1 Å². The van der Waals surface area contributed by atoms with E-state index in [9.17, 15) is 4.79 Å². The molecule has 1 amide bonds. The Bertz CT molecular complexity index is 1030. The molecular formula is C22H26N4O2. The van der Waals surface area contributed by atoms with Crippen LogP contribution >= 0.6 is 0 Å². The minimum Gasteiger partial charge on any atom is -0.437 e. The average Bonchev–Trinajstić information content (AvgIpc) is 2.94. The van der Waals surface area contributed by atoms with Gasteiger partial charge in [0, 0.05) is 54.1 Å². The van der Waals surface area contributed by atoms with Gasteiger partial charge in [0.2, 0.25) is 0 Å². The van der Waals surface area contributed by atoms with Gasteiger partial charge in [0.05, 0.1) is 6.54 Å². The molecule has 6 heteroatoms. The highest BCUT2D eigenvalue weighted by Crippen LogP contribution is 2.35. The van der Waals surface area contributed by atoms with Crippen LogP contribution in [0.2, 0.25) is 0 Å². The second kappa shape index (κ2) is 6.95. The number of ether oxygens (including phenoxy) is 1. The lowest BCUT2D eigenvalue weighted by atomic mass is 9.96. The molecule has 1 unspecified atom stereocenters. The van der Waals surface area contributed by atoms with E-state index in [1.165, 1.54) is 27.7 Å². The summed E-state index contributed by atoms with van der Waals surface area (Å²) in [7, 11) is 2.15. The molecule has 0 saturated heterocycles. The smallest absolute Gasteiger partial charge is 0.405 e. The molecule has 0 fully saturated rings. The molecule has 0 bridgehead atoms. The van der Waals surface area contributed by atoms with Gasteiger partial charge in [-0.15, -0.1) is 0 Å². The lowest BCUT2D eigenvalue weighted by molar-refractivity contribution is 0.0142. The number of hydrogen-bond donors (Lipinski definition) is 1. The fourth-order valence-corrected chi connectivity index (χ4v) is 4.29. The summed E-state index contributed by atoms with van der Waals surface area (Å²) in [4.78, 5) is 18.2. The number of nitrogens with zero attached hydrogens (tertiary/aromatic N) is 3. The number of carbonyl (C=O) groups is 1. The van der Waals surface area contributed by atoms with E-state index >= 15 is 0 Å². The standard InChI is InChI=1S/C22H26N4O2/c1-15-4-5-19-17(12-15)18-13-25(3)11-8-20(18)26(19)14-22(2,28-21(23)27)16-6-9-24-10-7-16/h4-7,9-10,12H,8,11,13-14H2,1-3H3,(H2,23,27). The molecule has 0 radical (unpaired) electrons. The first-order valence-electron chi connectivity index (χ1n) is 9.55. The van der Waals surface area contributed by atoms with E-state index in [0.29, 0.717) is 6.54 Å². The fourth-order valence-electron chi connectivity index (χ4n) is 4.29. The number of pyridine rings is 1. The highest BCUT2D eigenvalue weighted by Gasteiger charge is 2.34. The number of fused-ring (bicyclic) bond motifs is 3. The van der Waals surface area contributed by atoms with Crippen LogP contribution in [0.1, 0.15) is 29.3 Å². The summed E-state index contributed by atoms with van der Waals surface area (Å²) < 4.78 is 7.97. The molecule has 0 saturated carbocycles. The number of benzene rings is 1. The van der Waals surface area contributed by atoms with E-state index in [2.05, 4.69) is 46.6 Å². The van der Waals surface area contributed by atoms with Gasteiger partial charge >= 0.3 is 6.09 Å². The van der Waals surface area contributed by atoms with E-state index in [1.807, 2.05) is 19.1 Å². The molecular weight excluding hydrogens is 352 g/mol. The van der Waals surface area contributed by atoms with Crippen molar-refractivity contribution < 1.29 is 9.53 Å². The van der Waals surface area contributed by atoms with Crippen molar-refractivity contribution >= 4 is 17.0 Å². The summed E-state index contributed by atoms with van der Waals surface area (Å²) in [5.41, 5.74) is 10.5. The molecule has 2 N–H and O–H groups in total. The van der Waals surface area contributed by atoms with Gasteiger partial charge in [0.25, 0.3) is 0 Å². The maximum absolute atomic E-state index is 11.7. The highest BCUT2D eigenvalue weighted by molar-refractivity contribution is 5.86. The summed E-state index contributed by atoms with van der Waals surface area (Å²) in [5.74, 6) is 0. The molecule has 2 aromatic heterocycles. The topological polar surface area (TPSA) is 73.4 Å². The van der Waals surface area contributed by atoms with Crippen LogP contribution in [0.5, 0.6) is 0 Å². The molecule has 4 rings (SSSR count). The number of aryl methyl sites for hydroxylation is 1. The maximum Gasteiger partial charge on any atom is 0.405 e. The number of amides is 1. The second-order valence-electron chi connectivity index (χ2n) is 7.91. The van der Waals surface area contributed by atoms with E-state index in [0.717, 1.165) is 25.1 Å². The predicted molar refractivity (Wildman–Crippen MR) is 109 cm³/mol. The summed E-state index contributed by atoms with van der Waals surface area (Å²) in [6.45, 7) is 6.45. The zero-order chi connectivity index (χ0) is 19.9. The van der Waals surface area contributed by atoms with Crippen molar-refractivity contribution in [2.24, 2.45) is 5.73 Å². The molecule has 1 aliphatic heterocycles. The summed E-state index contributed by atoms with van der Waals surface area (Å²) in [6.07, 6.45) is 3.60. The molecule has 28 heavy (non-hydrogen) atoms. The van der Waals surface area contributed by atoms with Gasteiger partial charge in [-0.25, -0.2) is 4.79 Å². The maximum atomic E-state index is 11.7. The molecule has 3 aromatic rings. The van der Waals surface area contributed by atoms with Crippen LogP contribution in [0.4, 0.5) is 4.79 Å². The van der Waals surface area contributed by atoms with Gasteiger partial charge in [0.1, 0.15) is 0 Å². The molecule has 1 aliphatic rings. The zero-order valence-corrected chi connectivity index (χ0v) is 16.6. The third-order valence-corrected chi connectivity index (χ3v) is 5.68. The van der Waals surface area contributed by atoms with Crippen LogP contribution in [-0.2, 0) is 29.8 Å². The first-order valence-corrected chi connectivity index (χ1v) is 9.55. The van der Waals surface area contributed by atoms with Crippen molar-refractivity contribution in [3.63, 3.8) is 0 Å². The van der Waals surface area contributed by atoms with E-state index in [4.69, 9.17) is 10.5 Å². The van der Waals surface area contributed by atoms with Gasteiger partial charge in [0.15, 0.2) is 5.60 Å². The van der Waals surface area contributed by atoms with Crippen LogP contribution in [0.25, 0.3) is 10.9 Å². The van der Waals surface area contributed by atoms with Gasteiger partial charge in [-0.2, -0.15) is 0 Å². The van der Waals surface area contributed by atoms with Crippen molar-refractivity contribution in [2.45, 2.75) is 39.0 Å². The predicted octanol–water partition coefficient (Wildman–Crippen LogP) is 3.34. The van der Waals surface area contributed by atoms with Crippen LogP contribution in [0.3, 0.4) is 0 Å². The Kier molecular flexibility index (Phi) is 4.59. The minimum atomic E-state index is -0.886. The highest BCUT2D eigenvalue weighted by atomic mass is 16.6. The number of rotatable bonds is 4. The van der Waals surface area contributed by atoms with Crippen LogP contribution in [0, 0.1) is 6.92 Å². The Morgan fingerprint density at radius 2 is 2.04 bits per heavy atom. The number of nitrogens with two attached hydrogens (primary N) is 1. The fraction of sp³-hybridized carbons (Fsp3) is 0.364. The Balaban J connectivity index is 1.87. The Hall–Kier alpha value is -2.86. The van der Waals surface area contributed by atoms with Crippen LogP contribution < -0.4 is 5.73 Å². The lowest BCUT2D eigenvalue weighted by Gasteiger charge is -2.32. The Morgan fingerprint density at radius 1 is 1.29 bits per heavy atom. The third kappa shape index (κ3) is 3.24. The molecule has 1 aromatic carbocycles. The van der Waals surface area contributed by atoms with Crippen LogP contribution in [-0.4, -0.2) is 34.1 Å². The number of aromatic nitrogens is 2. The van der Waals surface area contributed by atoms with Crippen molar-refractivity contribution in [1.29, 1.82) is 0 Å². The van der Waals surface area contributed by atoms with Gasteiger partial charge in [-0.05, 0) is 50.7 Å². The van der Waals surface area contributed by atoms with E-state index < -0.39 is 11.7 Å². The van der Waals surface area contributed by atoms with E-state index in [1.54, 1.807) is 12.4 Å². The average molecular weight is 378 g/mol. The van der Waals surface area contributed by atoms with Crippen LogP contribution in [0.15, 0.2) is 42.7 Å². The number of likely N-dealkylation sites (N-methyl/N-ethyl adjacent to an activating group) is 1. The first kappa shape index (κ1) is 18.5. The first-order chi connectivity index (χ1) is 13.4. The number of primary amides is 1. The molecule has 1 atom stereocenters. The lowest BCUT2D eigenvalue weighted by Crippen LogP contribution is -2.37.